The normalized spacial score (nSPS) is 17.0. The maximum atomic E-state index is 12.7. The van der Waals surface area contributed by atoms with Crippen LogP contribution in [0.25, 0.3) is 0 Å². The van der Waals surface area contributed by atoms with E-state index in [2.05, 4.69) is 15.6 Å². The Kier molecular flexibility index (Phi) is 6.24. The van der Waals surface area contributed by atoms with Crippen LogP contribution < -0.4 is 10.6 Å². The Hall–Kier alpha value is -2.66. The van der Waals surface area contributed by atoms with Crippen LogP contribution in [0.4, 0.5) is 5.69 Å². The summed E-state index contributed by atoms with van der Waals surface area (Å²) in [5.74, 6) is 0.272. The van der Waals surface area contributed by atoms with Crippen LogP contribution in [-0.2, 0) is 4.74 Å². The van der Waals surface area contributed by atoms with Crippen LogP contribution in [0, 0.1) is 20.8 Å². The van der Waals surface area contributed by atoms with Gasteiger partial charge in [-0.25, -0.2) is 4.99 Å². The van der Waals surface area contributed by atoms with Crippen molar-refractivity contribution in [3.63, 3.8) is 0 Å². The molecule has 1 heterocycles. The van der Waals surface area contributed by atoms with E-state index in [9.17, 15) is 4.79 Å². The highest BCUT2D eigenvalue weighted by Gasteiger charge is 2.16. The Morgan fingerprint density at radius 3 is 2.63 bits per heavy atom. The van der Waals surface area contributed by atoms with Gasteiger partial charge in [-0.05, 0) is 68.5 Å². The SMILES string of the molecule is Cc1ccc(C(=O)NC(=NC[C@H]2CCCO2)Nc2ccccc2C)cc1C. The first-order valence-corrected chi connectivity index (χ1v) is 9.40. The minimum Gasteiger partial charge on any atom is -0.376 e. The van der Waals surface area contributed by atoms with E-state index in [-0.39, 0.29) is 12.0 Å². The molecule has 1 aliphatic rings. The number of hydrogen-bond donors (Lipinski definition) is 2. The second kappa shape index (κ2) is 8.82. The fourth-order valence-corrected chi connectivity index (χ4v) is 2.99. The second-order valence-corrected chi connectivity index (χ2v) is 7.02. The summed E-state index contributed by atoms with van der Waals surface area (Å²) >= 11 is 0. The first-order valence-electron chi connectivity index (χ1n) is 9.40. The molecule has 1 amide bonds. The summed E-state index contributed by atoms with van der Waals surface area (Å²) in [6.45, 7) is 7.37. The molecule has 1 fully saturated rings. The van der Waals surface area contributed by atoms with Gasteiger partial charge in [-0.3, -0.25) is 10.1 Å². The number of amides is 1. The van der Waals surface area contributed by atoms with Gasteiger partial charge in [-0.15, -0.1) is 0 Å². The zero-order valence-electron chi connectivity index (χ0n) is 16.2. The molecule has 27 heavy (non-hydrogen) atoms. The number of aryl methyl sites for hydroxylation is 3. The highest BCUT2D eigenvalue weighted by molar-refractivity contribution is 6.10. The lowest BCUT2D eigenvalue weighted by Gasteiger charge is -2.15. The molecule has 0 saturated carbocycles. The third-order valence-electron chi connectivity index (χ3n) is 4.88. The van der Waals surface area contributed by atoms with Gasteiger partial charge in [-0.1, -0.05) is 24.3 Å². The quantitative estimate of drug-likeness (QED) is 0.636. The average molecular weight is 365 g/mol. The van der Waals surface area contributed by atoms with E-state index in [0.717, 1.165) is 41.8 Å². The molecule has 142 valence electrons. The average Bonchev–Trinajstić information content (AvgIpc) is 3.17. The fraction of sp³-hybridized carbons (Fsp3) is 0.364. The first kappa shape index (κ1) is 19.1. The van der Waals surface area contributed by atoms with E-state index in [4.69, 9.17) is 4.74 Å². The number of ether oxygens (including phenoxy) is 1. The maximum Gasteiger partial charge on any atom is 0.257 e. The van der Waals surface area contributed by atoms with Crippen molar-refractivity contribution in [3.05, 3.63) is 64.7 Å². The molecule has 0 aromatic heterocycles. The second-order valence-electron chi connectivity index (χ2n) is 7.02. The van der Waals surface area contributed by atoms with E-state index in [1.165, 1.54) is 0 Å². The van der Waals surface area contributed by atoms with E-state index in [0.29, 0.717) is 18.1 Å². The molecule has 5 nitrogen and oxygen atoms in total. The standard InChI is InChI=1S/C22H27N3O2/c1-15-10-11-18(13-17(15)3)21(26)25-22(23-14-19-8-6-12-27-19)24-20-9-5-4-7-16(20)2/h4-5,7,9-11,13,19H,6,8,12,14H2,1-3H3,(H2,23,24,25,26)/t19-/m1/s1. The molecule has 1 atom stereocenters. The summed E-state index contributed by atoms with van der Waals surface area (Å²) in [6, 6.07) is 13.6. The highest BCUT2D eigenvalue weighted by atomic mass is 16.5. The van der Waals surface area contributed by atoms with Crippen molar-refractivity contribution < 1.29 is 9.53 Å². The van der Waals surface area contributed by atoms with Crippen LogP contribution in [0.2, 0.25) is 0 Å². The summed E-state index contributed by atoms with van der Waals surface area (Å²) in [6.07, 6.45) is 2.19. The van der Waals surface area contributed by atoms with E-state index >= 15 is 0 Å². The lowest BCUT2D eigenvalue weighted by Crippen LogP contribution is -2.37. The van der Waals surface area contributed by atoms with Crippen LogP contribution >= 0.6 is 0 Å². The van der Waals surface area contributed by atoms with Crippen LogP contribution in [0.5, 0.6) is 0 Å². The fourth-order valence-electron chi connectivity index (χ4n) is 2.99. The lowest BCUT2D eigenvalue weighted by atomic mass is 10.1. The molecule has 3 rings (SSSR count). The zero-order chi connectivity index (χ0) is 19.2. The number of guanidine groups is 1. The van der Waals surface area contributed by atoms with Crippen LogP contribution in [0.3, 0.4) is 0 Å². The van der Waals surface area contributed by atoms with E-state index in [1.807, 2.05) is 63.2 Å². The largest absolute Gasteiger partial charge is 0.376 e. The Morgan fingerprint density at radius 1 is 1.11 bits per heavy atom. The number of aliphatic imine (C=N–C) groups is 1. The molecule has 1 saturated heterocycles. The molecule has 0 radical (unpaired) electrons. The number of nitrogens with zero attached hydrogens (tertiary/aromatic N) is 1. The van der Waals surface area contributed by atoms with Gasteiger partial charge < -0.3 is 10.1 Å². The summed E-state index contributed by atoms with van der Waals surface area (Å²) < 4.78 is 5.65. The molecule has 0 aliphatic carbocycles. The molecule has 0 spiro atoms. The van der Waals surface area contributed by atoms with E-state index in [1.54, 1.807) is 0 Å². The number of rotatable bonds is 4. The van der Waals surface area contributed by atoms with Gasteiger partial charge in [0.15, 0.2) is 0 Å². The summed E-state index contributed by atoms with van der Waals surface area (Å²) in [5.41, 5.74) is 4.88. The number of carbonyl (C=O) groups excluding carboxylic acids is 1. The zero-order valence-corrected chi connectivity index (χ0v) is 16.2. The van der Waals surface area contributed by atoms with Crippen molar-refractivity contribution in [2.24, 2.45) is 4.99 Å². The molecule has 2 aromatic rings. The summed E-state index contributed by atoms with van der Waals surface area (Å²) in [5, 5.41) is 6.18. The van der Waals surface area contributed by atoms with Crippen molar-refractivity contribution in [1.29, 1.82) is 0 Å². The van der Waals surface area contributed by atoms with Gasteiger partial charge >= 0.3 is 0 Å². The van der Waals surface area contributed by atoms with Crippen molar-refractivity contribution in [1.82, 2.24) is 5.32 Å². The van der Waals surface area contributed by atoms with Crippen LogP contribution in [0.15, 0.2) is 47.5 Å². The van der Waals surface area contributed by atoms with Crippen molar-refractivity contribution >= 4 is 17.6 Å². The molecular formula is C22H27N3O2. The Morgan fingerprint density at radius 2 is 1.93 bits per heavy atom. The van der Waals surface area contributed by atoms with E-state index < -0.39 is 0 Å². The number of carbonyl (C=O) groups is 1. The third-order valence-corrected chi connectivity index (χ3v) is 4.88. The predicted molar refractivity (Wildman–Crippen MR) is 109 cm³/mol. The topological polar surface area (TPSA) is 62.7 Å². The minimum atomic E-state index is -0.176. The molecular weight excluding hydrogens is 338 g/mol. The third kappa shape index (κ3) is 5.17. The van der Waals surface area contributed by atoms with Crippen molar-refractivity contribution in [2.45, 2.75) is 39.7 Å². The summed E-state index contributed by atoms with van der Waals surface area (Å²) in [4.78, 5) is 17.3. The van der Waals surface area contributed by atoms with Crippen LogP contribution in [-0.4, -0.2) is 31.1 Å². The van der Waals surface area contributed by atoms with Crippen LogP contribution in [0.1, 0.15) is 39.9 Å². The van der Waals surface area contributed by atoms with Gasteiger partial charge in [0.2, 0.25) is 5.96 Å². The van der Waals surface area contributed by atoms with Gasteiger partial charge in [0.05, 0.1) is 12.6 Å². The highest BCUT2D eigenvalue weighted by Crippen LogP contribution is 2.15. The summed E-state index contributed by atoms with van der Waals surface area (Å²) in [7, 11) is 0. The smallest absolute Gasteiger partial charge is 0.257 e. The van der Waals surface area contributed by atoms with Crippen molar-refractivity contribution in [3.8, 4) is 0 Å². The van der Waals surface area contributed by atoms with Gasteiger partial charge in [0, 0.05) is 17.9 Å². The number of anilines is 1. The van der Waals surface area contributed by atoms with Crippen molar-refractivity contribution in [2.75, 3.05) is 18.5 Å². The molecule has 1 aliphatic heterocycles. The monoisotopic (exact) mass is 365 g/mol. The molecule has 5 heteroatoms. The minimum absolute atomic E-state index is 0.122. The maximum absolute atomic E-state index is 12.7. The Balaban J connectivity index is 1.77. The number of hydrogen-bond acceptors (Lipinski definition) is 3. The molecule has 2 aromatic carbocycles. The molecule has 2 N–H and O–H groups in total. The first-order chi connectivity index (χ1) is 13.0. The number of para-hydroxylation sites is 1. The van der Waals surface area contributed by atoms with Gasteiger partial charge in [0.25, 0.3) is 5.91 Å². The van der Waals surface area contributed by atoms with Gasteiger partial charge in [0.1, 0.15) is 0 Å². The lowest BCUT2D eigenvalue weighted by molar-refractivity contribution is 0.0975. The predicted octanol–water partition coefficient (Wildman–Crippen LogP) is 3.99. The molecule has 0 unspecified atom stereocenters. The Bertz CT molecular complexity index is 839. The molecule has 0 bridgehead atoms. The number of benzene rings is 2. The van der Waals surface area contributed by atoms with Gasteiger partial charge in [-0.2, -0.15) is 0 Å². The number of nitrogens with one attached hydrogen (secondary N) is 2. The Labute approximate surface area is 160 Å².